The fourth-order valence-electron chi connectivity index (χ4n) is 5.95. The van der Waals surface area contributed by atoms with E-state index in [0.717, 1.165) is 26.2 Å². The van der Waals surface area contributed by atoms with Gasteiger partial charge in [-0.05, 0) is 57.3 Å². The molecule has 0 aromatic heterocycles. The highest BCUT2D eigenvalue weighted by molar-refractivity contribution is 5.86. The van der Waals surface area contributed by atoms with Gasteiger partial charge in [0.05, 0.1) is 6.10 Å². The molecule has 2 saturated carbocycles. The Morgan fingerprint density at radius 1 is 1.08 bits per heavy atom. The van der Waals surface area contributed by atoms with Gasteiger partial charge >= 0.3 is 23.9 Å². The first kappa shape index (κ1) is 32.2. The molecule has 0 aromatic rings. The van der Waals surface area contributed by atoms with Gasteiger partial charge in [0.1, 0.15) is 6.61 Å². The first-order chi connectivity index (χ1) is 18.0. The Morgan fingerprint density at radius 2 is 1.72 bits per heavy atom. The van der Waals surface area contributed by atoms with Crippen LogP contribution in [0.2, 0.25) is 0 Å². The maximum atomic E-state index is 16.1. The number of alkyl halides is 5. The zero-order chi connectivity index (χ0) is 29.2. The topological polar surface area (TPSA) is 63.2 Å². The van der Waals surface area contributed by atoms with Gasteiger partial charge in [-0.15, -0.1) is 0 Å². The molecule has 0 spiro atoms. The number of carbonyl (C=O) groups is 1. The molecule has 2 aliphatic carbocycles. The molecule has 226 valence electrons. The van der Waals surface area contributed by atoms with Crippen molar-refractivity contribution in [1.82, 2.24) is 0 Å². The first-order valence-corrected chi connectivity index (χ1v) is 13.9. The van der Waals surface area contributed by atoms with Crippen molar-refractivity contribution in [3.63, 3.8) is 0 Å². The molecule has 6 unspecified atom stereocenters. The van der Waals surface area contributed by atoms with Crippen molar-refractivity contribution in [2.75, 3.05) is 13.4 Å². The number of esters is 1. The van der Waals surface area contributed by atoms with E-state index in [1.165, 1.54) is 6.92 Å². The molecular formula is C28H43F5O6. The van der Waals surface area contributed by atoms with Gasteiger partial charge in [-0.1, -0.05) is 53.0 Å². The number of hydrogen-bond donors (Lipinski definition) is 0. The van der Waals surface area contributed by atoms with Crippen LogP contribution in [0.5, 0.6) is 0 Å². The van der Waals surface area contributed by atoms with Crippen LogP contribution in [0.15, 0.2) is 12.2 Å². The van der Waals surface area contributed by atoms with E-state index in [9.17, 15) is 18.0 Å². The summed E-state index contributed by atoms with van der Waals surface area (Å²) in [5, 5.41) is 0. The highest BCUT2D eigenvalue weighted by Crippen LogP contribution is 2.57. The Kier molecular flexibility index (Phi) is 10.1. The van der Waals surface area contributed by atoms with Crippen LogP contribution in [0.1, 0.15) is 86.0 Å². The van der Waals surface area contributed by atoms with Gasteiger partial charge < -0.3 is 23.7 Å². The predicted octanol–water partition coefficient (Wildman–Crippen LogP) is 7.16. The highest BCUT2D eigenvalue weighted by atomic mass is 19.4. The van der Waals surface area contributed by atoms with E-state index in [4.69, 9.17) is 23.7 Å². The van der Waals surface area contributed by atoms with Crippen LogP contribution in [-0.2, 0) is 28.5 Å². The summed E-state index contributed by atoms with van der Waals surface area (Å²) in [5.41, 5.74) is -3.00. The number of halogens is 5. The van der Waals surface area contributed by atoms with Gasteiger partial charge in [0.25, 0.3) is 0 Å². The Bertz CT molecular complexity index is 858. The summed E-state index contributed by atoms with van der Waals surface area (Å²) in [7, 11) is 0. The van der Waals surface area contributed by atoms with E-state index < -0.39 is 61.2 Å². The summed E-state index contributed by atoms with van der Waals surface area (Å²) in [6.07, 6.45) is -2.24. The van der Waals surface area contributed by atoms with Crippen molar-refractivity contribution >= 4 is 5.97 Å². The van der Waals surface area contributed by atoms with Crippen molar-refractivity contribution in [2.24, 2.45) is 23.7 Å². The minimum atomic E-state index is -5.67. The van der Waals surface area contributed by atoms with Gasteiger partial charge in [0.15, 0.2) is 18.7 Å². The lowest BCUT2D eigenvalue weighted by Crippen LogP contribution is -2.77. The second-order valence-corrected chi connectivity index (χ2v) is 12.1. The van der Waals surface area contributed by atoms with Crippen LogP contribution < -0.4 is 0 Å². The van der Waals surface area contributed by atoms with Gasteiger partial charge in [-0.3, -0.25) is 0 Å². The molecule has 0 bridgehead atoms. The molecule has 39 heavy (non-hydrogen) atoms. The summed E-state index contributed by atoms with van der Waals surface area (Å²) in [4.78, 5) is 12.0. The Hall–Kier alpha value is -1.30. The van der Waals surface area contributed by atoms with Gasteiger partial charge in [0.2, 0.25) is 0 Å². The predicted molar refractivity (Wildman–Crippen MR) is 133 cm³/mol. The van der Waals surface area contributed by atoms with Crippen molar-refractivity contribution < 1.29 is 50.4 Å². The third-order valence-electron chi connectivity index (χ3n) is 8.48. The molecule has 1 aliphatic heterocycles. The second kappa shape index (κ2) is 12.3. The lowest BCUT2D eigenvalue weighted by Gasteiger charge is -2.54. The maximum Gasteiger partial charge on any atom is 0.450 e. The fourth-order valence-corrected chi connectivity index (χ4v) is 5.95. The van der Waals surface area contributed by atoms with Crippen LogP contribution in [0.25, 0.3) is 0 Å². The molecule has 0 aromatic carbocycles. The van der Waals surface area contributed by atoms with E-state index in [0.29, 0.717) is 32.1 Å². The molecule has 1 saturated heterocycles. The van der Waals surface area contributed by atoms with E-state index in [1.807, 2.05) is 20.8 Å². The Labute approximate surface area is 227 Å². The summed E-state index contributed by atoms with van der Waals surface area (Å²) >= 11 is 0. The summed E-state index contributed by atoms with van der Waals surface area (Å²) in [6, 6.07) is 0. The van der Waals surface area contributed by atoms with Crippen LogP contribution in [-0.4, -0.2) is 55.3 Å². The molecule has 0 radical (unpaired) electrons. The molecule has 0 amide bonds. The minimum Gasteiger partial charge on any atom is -0.459 e. The number of ether oxygens (including phenoxy) is 5. The molecule has 11 heteroatoms. The zero-order valence-electron chi connectivity index (χ0n) is 23.6. The number of carbonyl (C=O) groups excluding carboxylic acids is 1. The Morgan fingerprint density at radius 3 is 2.28 bits per heavy atom. The molecule has 1 heterocycles. The van der Waals surface area contributed by atoms with E-state index in [-0.39, 0.29) is 23.3 Å². The summed E-state index contributed by atoms with van der Waals surface area (Å²) in [6.45, 7) is 9.30. The molecule has 3 fully saturated rings. The third-order valence-corrected chi connectivity index (χ3v) is 8.48. The zero-order valence-corrected chi connectivity index (χ0v) is 23.6. The minimum absolute atomic E-state index is 0.0598. The van der Waals surface area contributed by atoms with Crippen molar-refractivity contribution in [3.05, 3.63) is 12.2 Å². The number of rotatable bonds is 9. The van der Waals surface area contributed by atoms with Gasteiger partial charge in [-0.25, -0.2) is 4.79 Å². The van der Waals surface area contributed by atoms with Crippen molar-refractivity contribution in [2.45, 2.75) is 122 Å². The van der Waals surface area contributed by atoms with Crippen LogP contribution in [0.4, 0.5) is 22.0 Å². The lowest BCUT2D eigenvalue weighted by atomic mass is 9.75. The number of hydrogen-bond acceptors (Lipinski definition) is 6. The molecule has 3 aliphatic rings. The SMILES string of the molecule is C=C(C)C(=O)OCC1(C)OC(C2CCCCC2)OC(OCOC2CC(C)CCC2C(C)C)(C(F)(F)F)C1(F)F. The quantitative estimate of drug-likeness (QED) is 0.127. The average Bonchev–Trinajstić information content (AvgIpc) is 2.84. The molecule has 0 N–H and O–H groups in total. The molecular weight excluding hydrogens is 527 g/mol. The lowest BCUT2D eigenvalue weighted by molar-refractivity contribution is -0.540. The van der Waals surface area contributed by atoms with E-state index >= 15 is 8.78 Å². The maximum absolute atomic E-state index is 16.1. The summed E-state index contributed by atoms with van der Waals surface area (Å²) in [5.74, 6) is -10.3. The Balaban J connectivity index is 1.94. The van der Waals surface area contributed by atoms with Crippen LogP contribution in [0.3, 0.4) is 0 Å². The van der Waals surface area contributed by atoms with E-state index in [1.54, 1.807) is 0 Å². The fraction of sp³-hybridized carbons (Fsp3) is 0.893. The van der Waals surface area contributed by atoms with Gasteiger partial charge in [-0.2, -0.15) is 22.0 Å². The van der Waals surface area contributed by atoms with Crippen LogP contribution in [0, 0.1) is 23.7 Å². The monoisotopic (exact) mass is 570 g/mol. The van der Waals surface area contributed by atoms with Crippen molar-refractivity contribution in [1.29, 1.82) is 0 Å². The second-order valence-electron chi connectivity index (χ2n) is 12.1. The summed E-state index contributed by atoms with van der Waals surface area (Å²) < 4.78 is 103. The standard InChI is InChI=1S/C28H43F5O6/c1-17(2)21-13-12-19(5)14-22(21)36-16-37-27(28(31,32)33)26(29,30)25(6,15-35-23(34)18(3)4)38-24(39-27)20-10-8-7-9-11-20/h17,19-22,24H,3,7-16H2,1-2,4-6H3. The van der Waals surface area contributed by atoms with Crippen LogP contribution >= 0.6 is 0 Å². The smallest absolute Gasteiger partial charge is 0.450 e. The van der Waals surface area contributed by atoms with E-state index in [2.05, 4.69) is 6.58 Å². The highest BCUT2D eigenvalue weighted by Gasteiger charge is 2.82. The molecule has 3 rings (SSSR count). The normalized spacial score (nSPS) is 36.1. The molecule has 6 nitrogen and oxygen atoms in total. The van der Waals surface area contributed by atoms with Crippen molar-refractivity contribution in [3.8, 4) is 0 Å². The first-order valence-electron chi connectivity index (χ1n) is 13.9. The van der Waals surface area contributed by atoms with Gasteiger partial charge in [0, 0.05) is 11.5 Å². The largest absolute Gasteiger partial charge is 0.459 e. The third kappa shape index (κ3) is 6.62. The average molecular weight is 571 g/mol. The molecule has 6 atom stereocenters.